The van der Waals surface area contributed by atoms with E-state index in [-0.39, 0.29) is 11.8 Å². The Balaban J connectivity index is 1.71. The highest BCUT2D eigenvalue weighted by molar-refractivity contribution is 6.00. The molecule has 1 saturated heterocycles. The van der Waals surface area contributed by atoms with Crippen LogP contribution in [-0.2, 0) is 11.3 Å². The topological polar surface area (TPSA) is 54.3 Å². The predicted molar refractivity (Wildman–Crippen MR) is 125 cm³/mol. The van der Waals surface area contributed by atoms with Crippen LogP contribution in [0.25, 0.3) is 10.9 Å². The Morgan fingerprint density at radius 3 is 2.52 bits per heavy atom. The first-order chi connectivity index (χ1) is 14.9. The number of hydrogen-bond acceptors (Lipinski definition) is 2. The number of benzene rings is 2. The lowest BCUT2D eigenvalue weighted by molar-refractivity contribution is -0.116. The minimum absolute atomic E-state index is 0.0157. The van der Waals surface area contributed by atoms with Crippen molar-refractivity contribution in [3.8, 4) is 0 Å². The van der Waals surface area contributed by atoms with Crippen molar-refractivity contribution in [2.75, 3.05) is 18.4 Å². The Labute approximate surface area is 184 Å². The predicted octanol–water partition coefficient (Wildman–Crippen LogP) is 5.22. The van der Waals surface area contributed by atoms with Crippen molar-refractivity contribution in [2.24, 2.45) is 5.92 Å². The molecule has 1 N–H and O–H groups in total. The fourth-order valence-corrected chi connectivity index (χ4v) is 4.35. The number of aryl methyl sites for hydroxylation is 1. The number of rotatable bonds is 6. The molecule has 5 heteroatoms. The smallest absolute Gasteiger partial charge is 0.270 e. The van der Waals surface area contributed by atoms with Gasteiger partial charge in [-0.2, -0.15) is 0 Å². The molecule has 1 aliphatic rings. The second-order valence-corrected chi connectivity index (χ2v) is 9.02. The first-order valence-corrected chi connectivity index (χ1v) is 11.2. The van der Waals surface area contributed by atoms with E-state index in [0.717, 1.165) is 42.5 Å². The maximum Gasteiger partial charge on any atom is 0.270 e. The molecule has 162 valence electrons. The fourth-order valence-electron chi connectivity index (χ4n) is 4.35. The van der Waals surface area contributed by atoms with Gasteiger partial charge in [-0.05, 0) is 55.5 Å². The summed E-state index contributed by atoms with van der Waals surface area (Å²) in [6, 6.07) is 16.3. The lowest BCUT2D eigenvalue weighted by Crippen LogP contribution is -2.29. The van der Waals surface area contributed by atoms with Crippen LogP contribution in [0.4, 0.5) is 5.69 Å². The SMILES string of the molecule is Cc1cccc(Cn2c(C(=O)N3CCCC3)cc3cc(NC(=O)CC(C)C)ccc32)c1. The van der Waals surface area contributed by atoms with Crippen LogP contribution in [-0.4, -0.2) is 34.4 Å². The summed E-state index contributed by atoms with van der Waals surface area (Å²) >= 11 is 0. The quantitative estimate of drug-likeness (QED) is 0.598. The molecule has 0 atom stereocenters. The van der Waals surface area contributed by atoms with Gasteiger partial charge < -0.3 is 14.8 Å². The highest BCUT2D eigenvalue weighted by Crippen LogP contribution is 2.27. The number of nitrogens with one attached hydrogen (secondary N) is 1. The summed E-state index contributed by atoms with van der Waals surface area (Å²) in [5.74, 6) is 0.414. The molecule has 0 radical (unpaired) electrons. The van der Waals surface area contributed by atoms with Crippen LogP contribution in [0.3, 0.4) is 0 Å². The molecule has 0 unspecified atom stereocenters. The molecule has 0 aliphatic carbocycles. The third kappa shape index (κ3) is 4.82. The molecule has 1 fully saturated rings. The molecule has 0 saturated carbocycles. The molecular formula is C26H31N3O2. The van der Waals surface area contributed by atoms with E-state index in [4.69, 9.17) is 0 Å². The van der Waals surface area contributed by atoms with Gasteiger partial charge in [0, 0.05) is 42.6 Å². The molecule has 3 aromatic rings. The second-order valence-electron chi connectivity index (χ2n) is 9.02. The van der Waals surface area contributed by atoms with Crippen molar-refractivity contribution in [2.45, 2.75) is 46.6 Å². The van der Waals surface area contributed by atoms with Crippen LogP contribution in [0.1, 0.15) is 54.7 Å². The van der Waals surface area contributed by atoms with Gasteiger partial charge in [-0.25, -0.2) is 0 Å². The summed E-state index contributed by atoms with van der Waals surface area (Å²) in [4.78, 5) is 27.5. The van der Waals surface area contributed by atoms with Gasteiger partial charge in [-0.15, -0.1) is 0 Å². The molecule has 1 aromatic heterocycles. The van der Waals surface area contributed by atoms with Crippen LogP contribution >= 0.6 is 0 Å². The van der Waals surface area contributed by atoms with E-state index < -0.39 is 0 Å². The summed E-state index contributed by atoms with van der Waals surface area (Å²) < 4.78 is 2.12. The highest BCUT2D eigenvalue weighted by Gasteiger charge is 2.24. The Bertz CT molecular complexity index is 1110. The van der Waals surface area contributed by atoms with E-state index in [0.29, 0.717) is 24.6 Å². The lowest BCUT2D eigenvalue weighted by Gasteiger charge is -2.17. The van der Waals surface area contributed by atoms with Crippen LogP contribution in [0, 0.1) is 12.8 Å². The number of carbonyl (C=O) groups is 2. The van der Waals surface area contributed by atoms with Crippen LogP contribution in [0.2, 0.25) is 0 Å². The summed E-state index contributed by atoms with van der Waals surface area (Å²) in [5.41, 5.74) is 4.86. The summed E-state index contributed by atoms with van der Waals surface area (Å²) in [6.07, 6.45) is 2.62. The Kier molecular flexibility index (Phi) is 6.12. The normalized spacial score (nSPS) is 13.9. The standard InChI is InChI=1S/C26H31N3O2/c1-18(2)13-25(30)27-22-9-10-23-21(15-22)16-24(26(31)28-11-4-5-12-28)29(23)17-20-8-6-7-19(3)14-20/h6-10,14-16,18H,4-5,11-13,17H2,1-3H3,(H,27,30). The van der Waals surface area contributed by atoms with Crippen molar-refractivity contribution in [1.82, 2.24) is 9.47 Å². The van der Waals surface area contributed by atoms with Gasteiger partial charge in [0.15, 0.2) is 0 Å². The summed E-state index contributed by atoms with van der Waals surface area (Å²) in [5, 5.41) is 3.96. The molecule has 2 aromatic carbocycles. The number of likely N-dealkylation sites (tertiary alicyclic amines) is 1. The van der Waals surface area contributed by atoms with Crippen LogP contribution < -0.4 is 5.32 Å². The van der Waals surface area contributed by atoms with E-state index in [9.17, 15) is 9.59 Å². The number of fused-ring (bicyclic) bond motifs is 1. The third-order valence-corrected chi connectivity index (χ3v) is 5.81. The number of anilines is 1. The largest absolute Gasteiger partial charge is 0.337 e. The molecule has 2 amide bonds. The lowest BCUT2D eigenvalue weighted by atomic mass is 10.1. The maximum absolute atomic E-state index is 13.3. The van der Waals surface area contributed by atoms with Gasteiger partial charge in [0.25, 0.3) is 5.91 Å². The molecule has 4 rings (SSSR count). The first kappa shape index (κ1) is 21.2. The number of hydrogen-bond donors (Lipinski definition) is 1. The van der Waals surface area contributed by atoms with Gasteiger partial charge in [0.1, 0.15) is 5.69 Å². The number of aromatic nitrogens is 1. The zero-order chi connectivity index (χ0) is 22.0. The van der Waals surface area contributed by atoms with Gasteiger partial charge in [0.2, 0.25) is 5.91 Å². The number of nitrogens with zero attached hydrogens (tertiary/aromatic N) is 2. The molecule has 0 bridgehead atoms. The minimum atomic E-state index is 0.0157. The average molecular weight is 418 g/mol. The van der Waals surface area contributed by atoms with Gasteiger partial charge in [-0.3, -0.25) is 9.59 Å². The monoisotopic (exact) mass is 417 g/mol. The zero-order valence-electron chi connectivity index (χ0n) is 18.6. The van der Waals surface area contributed by atoms with E-state index in [1.165, 1.54) is 11.1 Å². The summed E-state index contributed by atoms with van der Waals surface area (Å²) in [7, 11) is 0. The van der Waals surface area contributed by atoms with E-state index in [2.05, 4.69) is 41.1 Å². The van der Waals surface area contributed by atoms with Crippen molar-refractivity contribution in [1.29, 1.82) is 0 Å². The average Bonchev–Trinajstić information content (AvgIpc) is 3.35. The molecule has 31 heavy (non-hydrogen) atoms. The number of carbonyl (C=O) groups excluding carboxylic acids is 2. The number of amides is 2. The first-order valence-electron chi connectivity index (χ1n) is 11.2. The maximum atomic E-state index is 13.3. The van der Waals surface area contributed by atoms with Crippen LogP contribution in [0.15, 0.2) is 48.5 Å². The zero-order valence-corrected chi connectivity index (χ0v) is 18.6. The van der Waals surface area contributed by atoms with E-state index in [1.807, 2.05) is 43.0 Å². The van der Waals surface area contributed by atoms with E-state index >= 15 is 0 Å². The molecule has 0 spiro atoms. The fraction of sp³-hybridized carbons (Fsp3) is 0.385. The minimum Gasteiger partial charge on any atom is -0.337 e. The molecule has 2 heterocycles. The van der Waals surface area contributed by atoms with Crippen molar-refractivity contribution in [3.05, 3.63) is 65.4 Å². The van der Waals surface area contributed by atoms with Crippen molar-refractivity contribution in [3.63, 3.8) is 0 Å². The molecular weight excluding hydrogens is 386 g/mol. The highest BCUT2D eigenvalue weighted by atomic mass is 16.2. The molecule has 5 nitrogen and oxygen atoms in total. The van der Waals surface area contributed by atoms with Crippen molar-refractivity contribution >= 4 is 28.4 Å². The van der Waals surface area contributed by atoms with Crippen molar-refractivity contribution < 1.29 is 9.59 Å². The molecule has 1 aliphatic heterocycles. The van der Waals surface area contributed by atoms with Gasteiger partial charge >= 0.3 is 0 Å². The second kappa shape index (κ2) is 8.96. The third-order valence-electron chi connectivity index (χ3n) is 5.81. The Morgan fingerprint density at radius 1 is 1.03 bits per heavy atom. The van der Waals surface area contributed by atoms with Gasteiger partial charge in [-0.1, -0.05) is 43.7 Å². The Morgan fingerprint density at radius 2 is 1.81 bits per heavy atom. The van der Waals surface area contributed by atoms with Crippen LogP contribution in [0.5, 0.6) is 0 Å². The Hall–Kier alpha value is -3.08. The summed E-state index contributed by atoms with van der Waals surface area (Å²) in [6.45, 7) is 8.43. The van der Waals surface area contributed by atoms with Gasteiger partial charge in [0.05, 0.1) is 0 Å². The van der Waals surface area contributed by atoms with E-state index in [1.54, 1.807) is 0 Å².